The molecule has 1 heterocycles. The molecule has 2 nitrogen and oxygen atoms in total. The third kappa shape index (κ3) is 3.27. The molecule has 1 saturated heterocycles. The average Bonchev–Trinajstić information content (AvgIpc) is 2.88. The Morgan fingerprint density at radius 3 is 1.83 bits per heavy atom. The SMILES string of the molecule is CCOC1(C)CCC(c2ccc(Cl)cc2)(c2ccc(Cl)cc2)O1. The van der Waals surface area contributed by atoms with E-state index in [4.69, 9.17) is 32.7 Å². The van der Waals surface area contributed by atoms with Crippen molar-refractivity contribution in [3.8, 4) is 0 Å². The Kier molecular flexibility index (Phi) is 4.70. The predicted octanol–water partition coefficient (Wildman–Crippen LogP) is 5.80. The number of halogens is 2. The Balaban J connectivity index is 2.07. The van der Waals surface area contributed by atoms with Crippen LogP contribution in [0.25, 0.3) is 0 Å². The van der Waals surface area contributed by atoms with Crippen LogP contribution < -0.4 is 0 Å². The van der Waals surface area contributed by atoms with Gasteiger partial charge in [0.15, 0.2) is 5.79 Å². The van der Waals surface area contributed by atoms with Crippen LogP contribution in [0.15, 0.2) is 48.5 Å². The molecule has 0 aliphatic carbocycles. The molecule has 4 heteroatoms. The van der Waals surface area contributed by atoms with Crippen molar-refractivity contribution in [1.82, 2.24) is 0 Å². The molecule has 1 aliphatic heterocycles. The molecule has 0 aromatic heterocycles. The van der Waals surface area contributed by atoms with Gasteiger partial charge in [0, 0.05) is 23.1 Å². The second-order valence-corrected chi connectivity index (χ2v) is 6.88. The van der Waals surface area contributed by atoms with E-state index in [0.717, 1.165) is 24.0 Å². The van der Waals surface area contributed by atoms with Crippen molar-refractivity contribution in [2.24, 2.45) is 0 Å². The van der Waals surface area contributed by atoms with Gasteiger partial charge in [-0.25, -0.2) is 0 Å². The lowest BCUT2D eigenvalue weighted by Crippen LogP contribution is -2.34. The van der Waals surface area contributed by atoms with Crippen molar-refractivity contribution in [3.05, 3.63) is 69.7 Å². The summed E-state index contributed by atoms with van der Waals surface area (Å²) in [6.07, 6.45) is 1.67. The molecule has 0 bridgehead atoms. The van der Waals surface area contributed by atoms with Gasteiger partial charge in [-0.15, -0.1) is 0 Å². The van der Waals surface area contributed by atoms with Gasteiger partial charge < -0.3 is 9.47 Å². The first-order chi connectivity index (χ1) is 11.0. The van der Waals surface area contributed by atoms with Crippen LogP contribution in [-0.2, 0) is 15.1 Å². The molecule has 3 rings (SSSR count). The zero-order chi connectivity index (χ0) is 16.5. The predicted molar refractivity (Wildman–Crippen MR) is 94.0 cm³/mol. The molecule has 23 heavy (non-hydrogen) atoms. The number of hydrogen-bond acceptors (Lipinski definition) is 2. The number of ether oxygens (including phenoxy) is 2. The summed E-state index contributed by atoms with van der Waals surface area (Å²) in [4.78, 5) is 0. The zero-order valence-electron chi connectivity index (χ0n) is 13.3. The summed E-state index contributed by atoms with van der Waals surface area (Å²) >= 11 is 12.1. The second kappa shape index (κ2) is 6.45. The van der Waals surface area contributed by atoms with Crippen LogP contribution in [0.5, 0.6) is 0 Å². The minimum atomic E-state index is -0.589. The van der Waals surface area contributed by atoms with Crippen molar-refractivity contribution < 1.29 is 9.47 Å². The first-order valence-electron chi connectivity index (χ1n) is 7.84. The summed E-state index contributed by atoms with van der Waals surface area (Å²) in [7, 11) is 0. The summed E-state index contributed by atoms with van der Waals surface area (Å²) < 4.78 is 12.4. The van der Waals surface area contributed by atoms with E-state index >= 15 is 0 Å². The normalized spacial score (nSPS) is 23.1. The molecular formula is C19H20Cl2O2. The van der Waals surface area contributed by atoms with Gasteiger partial charge in [-0.2, -0.15) is 0 Å². The fourth-order valence-electron chi connectivity index (χ4n) is 3.29. The Morgan fingerprint density at radius 1 is 0.913 bits per heavy atom. The molecule has 1 atom stereocenters. The Hall–Kier alpha value is -1.06. The minimum Gasteiger partial charge on any atom is -0.350 e. The van der Waals surface area contributed by atoms with Crippen LogP contribution in [0.2, 0.25) is 10.0 Å². The van der Waals surface area contributed by atoms with Crippen molar-refractivity contribution in [2.45, 2.75) is 38.1 Å². The minimum absolute atomic E-state index is 0.543. The topological polar surface area (TPSA) is 18.5 Å². The van der Waals surface area contributed by atoms with E-state index in [-0.39, 0.29) is 0 Å². The van der Waals surface area contributed by atoms with Crippen molar-refractivity contribution >= 4 is 23.2 Å². The molecule has 2 aromatic carbocycles. The first-order valence-corrected chi connectivity index (χ1v) is 8.59. The van der Waals surface area contributed by atoms with E-state index in [0.29, 0.717) is 16.7 Å². The molecule has 0 amide bonds. The summed E-state index contributed by atoms with van der Waals surface area (Å²) in [5.41, 5.74) is 1.61. The largest absolute Gasteiger partial charge is 0.350 e. The van der Waals surface area contributed by atoms with E-state index in [9.17, 15) is 0 Å². The van der Waals surface area contributed by atoms with Gasteiger partial charge in [0.25, 0.3) is 0 Å². The third-order valence-electron chi connectivity index (χ3n) is 4.39. The molecule has 2 aromatic rings. The summed E-state index contributed by atoms with van der Waals surface area (Å²) in [6, 6.07) is 15.7. The number of benzene rings is 2. The van der Waals surface area contributed by atoms with E-state index in [1.54, 1.807) is 0 Å². The third-order valence-corrected chi connectivity index (χ3v) is 4.90. The van der Waals surface area contributed by atoms with E-state index in [2.05, 4.69) is 0 Å². The summed E-state index contributed by atoms with van der Waals surface area (Å²) in [5, 5.41) is 1.43. The van der Waals surface area contributed by atoms with E-state index < -0.39 is 11.4 Å². The monoisotopic (exact) mass is 350 g/mol. The van der Waals surface area contributed by atoms with Crippen LogP contribution in [0, 0.1) is 0 Å². The van der Waals surface area contributed by atoms with Gasteiger partial charge in [0.05, 0.1) is 0 Å². The van der Waals surface area contributed by atoms with Gasteiger partial charge in [-0.1, -0.05) is 47.5 Å². The zero-order valence-corrected chi connectivity index (χ0v) is 14.8. The van der Waals surface area contributed by atoms with Gasteiger partial charge >= 0.3 is 0 Å². The van der Waals surface area contributed by atoms with Gasteiger partial charge in [-0.05, 0) is 55.7 Å². The molecular weight excluding hydrogens is 331 g/mol. The molecule has 0 saturated carbocycles. The van der Waals surface area contributed by atoms with E-state index in [1.165, 1.54) is 0 Å². The van der Waals surface area contributed by atoms with Gasteiger partial charge in [-0.3, -0.25) is 0 Å². The highest BCUT2D eigenvalue weighted by Gasteiger charge is 2.49. The smallest absolute Gasteiger partial charge is 0.167 e. The fourth-order valence-corrected chi connectivity index (χ4v) is 3.54. The Morgan fingerprint density at radius 2 is 1.39 bits per heavy atom. The molecule has 0 N–H and O–H groups in total. The lowest BCUT2D eigenvalue weighted by molar-refractivity contribution is -0.233. The van der Waals surface area contributed by atoms with Gasteiger partial charge in [0.2, 0.25) is 0 Å². The fraction of sp³-hybridized carbons (Fsp3) is 0.368. The second-order valence-electron chi connectivity index (χ2n) is 6.01. The Bertz CT molecular complexity index is 621. The first kappa shape index (κ1) is 16.8. The molecule has 1 unspecified atom stereocenters. The standard InChI is InChI=1S/C19H20Cl2O2/c1-3-22-18(2)12-13-19(23-18,14-4-8-16(20)9-5-14)15-6-10-17(21)11-7-15/h4-11H,3,12-13H2,1-2H3. The maximum atomic E-state index is 6.52. The van der Waals surface area contributed by atoms with Crippen LogP contribution in [0.4, 0.5) is 0 Å². The highest BCUT2D eigenvalue weighted by molar-refractivity contribution is 6.30. The van der Waals surface area contributed by atoms with Crippen LogP contribution >= 0.6 is 23.2 Å². The summed E-state index contributed by atoms with van der Waals surface area (Å²) in [6.45, 7) is 4.61. The van der Waals surface area contributed by atoms with Crippen LogP contribution in [0.1, 0.15) is 37.8 Å². The molecule has 122 valence electrons. The molecule has 1 aliphatic rings. The van der Waals surface area contributed by atoms with Gasteiger partial charge in [0.1, 0.15) is 5.60 Å². The Labute approximate surface area is 147 Å². The molecule has 0 spiro atoms. The lowest BCUT2D eigenvalue weighted by atomic mass is 9.84. The van der Waals surface area contributed by atoms with E-state index in [1.807, 2.05) is 62.4 Å². The molecule has 0 radical (unpaired) electrons. The van der Waals surface area contributed by atoms with Crippen molar-refractivity contribution in [3.63, 3.8) is 0 Å². The lowest BCUT2D eigenvalue weighted by Gasteiger charge is -2.34. The quantitative estimate of drug-likeness (QED) is 0.693. The molecule has 1 fully saturated rings. The average molecular weight is 351 g/mol. The van der Waals surface area contributed by atoms with Crippen LogP contribution in [0.3, 0.4) is 0 Å². The summed E-state index contributed by atoms with van der Waals surface area (Å²) in [5.74, 6) is -0.589. The number of rotatable bonds is 4. The maximum Gasteiger partial charge on any atom is 0.167 e. The highest BCUT2D eigenvalue weighted by atomic mass is 35.5. The maximum absolute atomic E-state index is 6.52. The highest BCUT2D eigenvalue weighted by Crippen LogP contribution is 2.49. The van der Waals surface area contributed by atoms with Crippen LogP contribution in [-0.4, -0.2) is 12.4 Å². The number of hydrogen-bond donors (Lipinski definition) is 0. The van der Waals surface area contributed by atoms with Crippen molar-refractivity contribution in [2.75, 3.05) is 6.61 Å². The van der Waals surface area contributed by atoms with Crippen molar-refractivity contribution in [1.29, 1.82) is 0 Å².